The largest absolute Gasteiger partial charge is 0.325 e. The Labute approximate surface area is 317 Å². The maximum atomic E-state index is 14.3. The number of halogens is 2. The van der Waals surface area contributed by atoms with Crippen LogP contribution in [-0.2, 0) is 10.2 Å². The number of hydrogen-bond donors (Lipinski definition) is 1. The van der Waals surface area contributed by atoms with Crippen molar-refractivity contribution >= 4 is 56.3 Å². The number of benzene rings is 5. The first-order valence-electron chi connectivity index (χ1n) is 19.5. The number of amides is 1. The molecule has 0 bridgehead atoms. The van der Waals surface area contributed by atoms with Crippen LogP contribution in [0, 0.1) is 23.7 Å². The van der Waals surface area contributed by atoms with Crippen LogP contribution in [0.4, 0.5) is 5.69 Å². The van der Waals surface area contributed by atoms with E-state index in [9.17, 15) is 4.79 Å². The van der Waals surface area contributed by atoms with Crippen LogP contribution in [0.25, 0.3) is 21.5 Å². The van der Waals surface area contributed by atoms with E-state index in [0.717, 1.165) is 66.6 Å². The summed E-state index contributed by atoms with van der Waals surface area (Å²) in [5, 5.41) is 9.89. The third-order valence-corrected chi connectivity index (χ3v) is 14.8. The average Bonchev–Trinajstić information content (AvgIpc) is 3.73. The van der Waals surface area contributed by atoms with E-state index in [-0.39, 0.29) is 5.91 Å². The Balaban J connectivity index is 0.848. The molecular weight excluding hydrogens is 681 g/mol. The van der Waals surface area contributed by atoms with Gasteiger partial charge in [-0.25, -0.2) is 0 Å². The Morgan fingerprint density at radius 3 is 1.67 bits per heavy atom. The molecular formula is C46H47Cl2N3O. The minimum Gasteiger partial charge on any atom is -0.325 e. The minimum absolute atomic E-state index is 0.194. The van der Waals surface area contributed by atoms with Gasteiger partial charge in [-0.3, -0.25) is 4.79 Å². The first-order chi connectivity index (χ1) is 25.2. The number of anilines is 1. The van der Waals surface area contributed by atoms with E-state index in [2.05, 4.69) is 114 Å². The molecule has 1 amide bonds. The van der Waals surface area contributed by atoms with Crippen LogP contribution in [0.2, 0.25) is 10.0 Å². The zero-order valence-electron chi connectivity index (χ0n) is 30.1. The molecule has 3 aliphatic heterocycles. The van der Waals surface area contributed by atoms with Crippen molar-refractivity contribution in [3.8, 4) is 0 Å². The SMILES string of the molecule is CC(CC1(CC(C)N2CC3CC(c4ccc5cc(Cl)ccc5c4)C3C2)C(=O)Nc2ccccc21)N1CC2CC(c3ccc4cc(Cl)ccc4c3)C2C1. The van der Waals surface area contributed by atoms with Crippen LogP contribution in [-0.4, -0.2) is 54.0 Å². The van der Waals surface area contributed by atoms with Crippen LogP contribution < -0.4 is 5.32 Å². The fourth-order valence-electron chi connectivity index (χ4n) is 11.4. The van der Waals surface area contributed by atoms with E-state index in [1.54, 1.807) is 0 Å². The lowest BCUT2D eigenvalue weighted by Crippen LogP contribution is -2.47. The van der Waals surface area contributed by atoms with E-state index in [4.69, 9.17) is 23.2 Å². The van der Waals surface area contributed by atoms with E-state index < -0.39 is 5.41 Å². The van der Waals surface area contributed by atoms with Crippen molar-refractivity contribution in [2.24, 2.45) is 23.7 Å². The molecule has 0 aromatic heterocycles. The maximum Gasteiger partial charge on any atom is 0.235 e. The van der Waals surface area contributed by atoms with Crippen LogP contribution in [0.1, 0.15) is 68.1 Å². The molecule has 266 valence electrons. The summed E-state index contributed by atoms with van der Waals surface area (Å²) in [6.07, 6.45) is 4.21. The topological polar surface area (TPSA) is 35.6 Å². The Morgan fingerprint density at radius 1 is 0.654 bits per heavy atom. The minimum atomic E-state index is -0.531. The molecule has 8 unspecified atom stereocenters. The summed E-state index contributed by atoms with van der Waals surface area (Å²) in [7, 11) is 0. The summed E-state index contributed by atoms with van der Waals surface area (Å²) >= 11 is 12.5. The van der Waals surface area contributed by atoms with E-state index in [1.165, 1.54) is 51.1 Å². The molecule has 3 heterocycles. The van der Waals surface area contributed by atoms with Gasteiger partial charge >= 0.3 is 0 Å². The van der Waals surface area contributed by atoms with Gasteiger partial charge in [0, 0.05) is 54.0 Å². The van der Waals surface area contributed by atoms with E-state index >= 15 is 0 Å². The normalized spacial score (nSPS) is 30.7. The van der Waals surface area contributed by atoms with Gasteiger partial charge in [0.1, 0.15) is 0 Å². The molecule has 0 spiro atoms. The number of hydrogen-bond acceptors (Lipinski definition) is 3. The molecule has 2 aliphatic carbocycles. The van der Waals surface area contributed by atoms with Crippen LogP contribution in [0.5, 0.6) is 0 Å². The lowest BCUT2D eigenvalue weighted by molar-refractivity contribution is -0.122. The number of rotatable bonds is 8. The lowest BCUT2D eigenvalue weighted by Gasteiger charge is -2.40. The Morgan fingerprint density at radius 2 is 1.13 bits per heavy atom. The third-order valence-electron chi connectivity index (χ3n) is 14.4. The van der Waals surface area contributed by atoms with Crippen molar-refractivity contribution in [3.05, 3.63) is 124 Å². The molecule has 1 N–H and O–H groups in total. The fourth-order valence-corrected chi connectivity index (χ4v) is 11.8. The van der Waals surface area contributed by atoms with Crippen molar-refractivity contribution in [3.63, 3.8) is 0 Å². The molecule has 5 aromatic carbocycles. The van der Waals surface area contributed by atoms with Gasteiger partial charge in [-0.15, -0.1) is 0 Å². The first-order valence-corrected chi connectivity index (χ1v) is 20.3. The summed E-state index contributed by atoms with van der Waals surface area (Å²) < 4.78 is 0. The summed E-state index contributed by atoms with van der Waals surface area (Å²) in [5.74, 6) is 4.24. The van der Waals surface area contributed by atoms with E-state index in [0.29, 0.717) is 35.8 Å². The fraction of sp³-hybridized carbons (Fsp3) is 0.413. The number of para-hydroxylation sites is 1. The average molecular weight is 729 g/mol. The van der Waals surface area contributed by atoms with Crippen molar-refractivity contribution < 1.29 is 4.79 Å². The number of carbonyl (C=O) groups excluding carboxylic acids is 1. The van der Waals surface area contributed by atoms with Crippen LogP contribution in [0.3, 0.4) is 0 Å². The van der Waals surface area contributed by atoms with Crippen molar-refractivity contribution in [1.82, 2.24) is 9.80 Å². The molecule has 2 saturated heterocycles. The predicted octanol–water partition coefficient (Wildman–Crippen LogP) is 10.5. The molecule has 10 rings (SSSR count). The van der Waals surface area contributed by atoms with Gasteiger partial charge in [0.25, 0.3) is 0 Å². The quantitative estimate of drug-likeness (QED) is 0.173. The second-order valence-electron chi connectivity index (χ2n) is 17.1. The van der Waals surface area contributed by atoms with Gasteiger partial charge in [-0.05, 0) is 144 Å². The van der Waals surface area contributed by atoms with Gasteiger partial charge in [-0.1, -0.05) is 89.9 Å². The number of carbonyl (C=O) groups is 1. The highest BCUT2D eigenvalue weighted by molar-refractivity contribution is 6.31. The predicted molar refractivity (Wildman–Crippen MR) is 215 cm³/mol. The number of nitrogens with one attached hydrogen (secondary N) is 1. The molecule has 2 saturated carbocycles. The molecule has 4 fully saturated rings. The molecule has 8 atom stereocenters. The van der Waals surface area contributed by atoms with E-state index in [1.807, 2.05) is 12.1 Å². The van der Waals surface area contributed by atoms with Crippen molar-refractivity contribution in [2.75, 3.05) is 31.5 Å². The number of nitrogens with zero attached hydrogens (tertiary/aromatic N) is 2. The molecule has 4 nitrogen and oxygen atoms in total. The summed E-state index contributed by atoms with van der Waals surface area (Å²) in [5.41, 5.74) is 4.60. The zero-order chi connectivity index (χ0) is 35.3. The van der Waals surface area contributed by atoms with Gasteiger partial charge in [0.05, 0.1) is 5.41 Å². The summed E-state index contributed by atoms with van der Waals surface area (Å²) in [6.45, 7) is 9.28. The van der Waals surface area contributed by atoms with Crippen molar-refractivity contribution in [2.45, 2.75) is 68.9 Å². The van der Waals surface area contributed by atoms with Crippen LogP contribution >= 0.6 is 23.2 Å². The molecule has 5 aromatic rings. The molecule has 6 heteroatoms. The van der Waals surface area contributed by atoms with Gasteiger partial charge in [-0.2, -0.15) is 0 Å². The highest BCUT2D eigenvalue weighted by Crippen LogP contribution is 2.55. The standard InChI is InChI=1S/C46H47Cl2N3O/c1-27(50-23-35-19-39(41(35)25-50)33-9-7-31-17-37(47)13-11-29(31)15-33)21-46(43-5-3-4-6-44(43)49-45(46)52)22-28(2)51-24-36-20-40(42(36)26-51)34-10-8-32-18-38(48)14-12-30(32)16-34/h3-18,27-28,35-36,39-42H,19-26H2,1-2H3,(H,49,52). The summed E-state index contributed by atoms with van der Waals surface area (Å²) in [6, 6.07) is 35.5. The third kappa shape index (κ3) is 5.43. The van der Waals surface area contributed by atoms with Crippen LogP contribution in [0.15, 0.2) is 97.1 Å². The van der Waals surface area contributed by atoms with Crippen molar-refractivity contribution in [1.29, 1.82) is 0 Å². The smallest absolute Gasteiger partial charge is 0.235 e. The Hall–Kier alpha value is -3.41. The summed E-state index contributed by atoms with van der Waals surface area (Å²) in [4.78, 5) is 19.7. The molecule has 0 radical (unpaired) electrons. The van der Waals surface area contributed by atoms with Gasteiger partial charge in [0.15, 0.2) is 0 Å². The van der Waals surface area contributed by atoms with Gasteiger partial charge in [0.2, 0.25) is 5.91 Å². The molecule has 52 heavy (non-hydrogen) atoms. The highest BCUT2D eigenvalue weighted by atomic mass is 35.5. The maximum absolute atomic E-state index is 14.3. The zero-order valence-corrected chi connectivity index (χ0v) is 31.6. The first kappa shape index (κ1) is 33.2. The highest BCUT2D eigenvalue weighted by Gasteiger charge is 2.54. The monoisotopic (exact) mass is 727 g/mol. The van der Waals surface area contributed by atoms with Gasteiger partial charge < -0.3 is 15.1 Å². The second kappa shape index (κ2) is 12.6. The Bertz CT molecular complexity index is 2090. The molecule has 5 aliphatic rings. The Kier molecular flexibility index (Phi) is 8.03. The second-order valence-corrected chi connectivity index (χ2v) is 18.0. The lowest BCUT2D eigenvalue weighted by atomic mass is 9.64. The number of fused-ring (bicyclic) bond motifs is 5. The number of likely N-dealkylation sites (tertiary alicyclic amines) is 2.